The van der Waals surface area contributed by atoms with Gasteiger partial charge >= 0.3 is 0 Å². The molecule has 0 aliphatic carbocycles. The fourth-order valence-electron chi connectivity index (χ4n) is 5.27. The molecule has 0 bridgehead atoms. The Balaban J connectivity index is 1.16. The average molecular weight is 593 g/mol. The summed E-state index contributed by atoms with van der Waals surface area (Å²) in [6.07, 6.45) is 1.08. The number of fused-ring (bicyclic) bond motifs is 1. The van der Waals surface area contributed by atoms with Crippen LogP contribution in [0.2, 0.25) is 0 Å². The van der Waals surface area contributed by atoms with E-state index in [1.807, 2.05) is 62.4 Å². The Hall–Kier alpha value is -5.85. The predicted octanol–water partition coefficient (Wildman–Crippen LogP) is 3.77. The number of anilines is 1. The van der Waals surface area contributed by atoms with Gasteiger partial charge in [0.1, 0.15) is 18.2 Å². The summed E-state index contributed by atoms with van der Waals surface area (Å²) in [7, 11) is 0. The number of hydrogen-bond acceptors (Lipinski definition) is 10. The molecule has 0 radical (unpaired) electrons. The van der Waals surface area contributed by atoms with Crippen molar-refractivity contribution in [3.63, 3.8) is 0 Å². The number of nitrogens with one attached hydrogen (secondary N) is 2. The van der Waals surface area contributed by atoms with Crippen molar-refractivity contribution in [1.29, 1.82) is 0 Å². The van der Waals surface area contributed by atoms with Crippen molar-refractivity contribution < 1.29 is 19.5 Å². The Kier molecular flexibility index (Phi) is 7.58. The van der Waals surface area contributed by atoms with E-state index in [-0.39, 0.29) is 12.5 Å². The molecular weight excluding hydrogens is 564 g/mol. The minimum absolute atomic E-state index is 0.0427. The third kappa shape index (κ3) is 5.75. The number of nitrogens with zero attached hydrogens (tertiary/aromatic N) is 6. The maximum absolute atomic E-state index is 13.0. The number of benzene rings is 3. The molecule has 13 nitrogen and oxygen atoms in total. The molecule has 0 spiro atoms. The van der Waals surface area contributed by atoms with Gasteiger partial charge in [0, 0.05) is 28.8 Å². The largest absolute Gasteiger partial charge is 0.309 e. The lowest BCUT2D eigenvalue weighted by molar-refractivity contribution is -0.763. The number of carbonyl (C=O) groups excluding carboxylic acids is 2. The zero-order chi connectivity index (χ0) is 30.8. The van der Waals surface area contributed by atoms with Crippen LogP contribution < -0.4 is 15.9 Å². The number of aromatic nitrogens is 2. The normalized spacial score (nSPS) is 14.0. The fraction of sp³-hybridized carbons (Fsp3) is 0.194. The maximum atomic E-state index is 13.0. The molecule has 44 heavy (non-hydrogen) atoms. The molecule has 6 rings (SSSR count). The van der Waals surface area contributed by atoms with Crippen molar-refractivity contribution in [1.82, 2.24) is 26.0 Å². The molecule has 2 N–H and O–H groups in total. The quantitative estimate of drug-likeness (QED) is 0.230. The molecule has 2 aliphatic heterocycles. The van der Waals surface area contributed by atoms with Crippen molar-refractivity contribution >= 4 is 23.5 Å². The maximum Gasteiger partial charge on any atom is 0.294 e. The first kappa shape index (κ1) is 28.3. The molecule has 0 saturated heterocycles. The molecule has 3 heterocycles. The van der Waals surface area contributed by atoms with Crippen LogP contribution in [0.15, 0.2) is 77.9 Å². The van der Waals surface area contributed by atoms with Gasteiger partial charge in [-0.2, -0.15) is 5.53 Å². The lowest BCUT2D eigenvalue weighted by atomic mass is 9.97. The number of carbonyl (C=O) groups is 2. The van der Waals surface area contributed by atoms with Gasteiger partial charge in [-0.15, -0.1) is 20.3 Å². The fourth-order valence-corrected chi connectivity index (χ4v) is 5.27. The van der Waals surface area contributed by atoms with Gasteiger partial charge in [0.2, 0.25) is 5.91 Å². The molecule has 1 aromatic heterocycles. The number of amides is 2. The SMILES string of the molecule is Cc1nc(C)c2c(n1)N(Cc1ccc(-c3ccccc3C3=NNN(C(=O)c4ccc(CO[N+](=O)[O-])cc4)N3)cc1)C(=O)CC2. The summed E-state index contributed by atoms with van der Waals surface area (Å²) >= 11 is 0. The highest BCUT2D eigenvalue weighted by Gasteiger charge is 2.28. The van der Waals surface area contributed by atoms with Gasteiger partial charge in [-0.3, -0.25) is 19.9 Å². The summed E-state index contributed by atoms with van der Waals surface area (Å²) in [6, 6.07) is 22.0. The number of rotatable bonds is 8. The van der Waals surface area contributed by atoms with E-state index in [1.165, 1.54) is 0 Å². The van der Waals surface area contributed by atoms with E-state index < -0.39 is 11.0 Å². The van der Waals surface area contributed by atoms with Gasteiger partial charge in [0.05, 0.1) is 6.54 Å². The molecule has 222 valence electrons. The zero-order valence-corrected chi connectivity index (χ0v) is 24.0. The molecule has 2 aliphatic rings. The van der Waals surface area contributed by atoms with Gasteiger partial charge in [-0.1, -0.05) is 60.7 Å². The Morgan fingerprint density at radius 2 is 1.66 bits per heavy atom. The highest BCUT2D eigenvalue weighted by atomic mass is 16.9. The van der Waals surface area contributed by atoms with Crippen molar-refractivity contribution in [2.75, 3.05) is 4.90 Å². The monoisotopic (exact) mass is 592 g/mol. The lowest BCUT2D eigenvalue weighted by Crippen LogP contribution is -2.46. The summed E-state index contributed by atoms with van der Waals surface area (Å²) in [5.41, 5.74) is 12.1. The molecule has 0 saturated carbocycles. The highest BCUT2D eigenvalue weighted by Crippen LogP contribution is 2.30. The first-order chi connectivity index (χ1) is 21.3. The van der Waals surface area contributed by atoms with E-state index in [1.54, 1.807) is 29.2 Å². The first-order valence-electron chi connectivity index (χ1n) is 13.9. The van der Waals surface area contributed by atoms with Crippen LogP contribution in [0.5, 0.6) is 0 Å². The second-order valence-corrected chi connectivity index (χ2v) is 10.4. The summed E-state index contributed by atoms with van der Waals surface area (Å²) < 4.78 is 0. The highest BCUT2D eigenvalue weighted by molar-refractivity contribution is 6.07. The standard InChI is InChI=1S/C31H28N8O5/c1-19-25-15-16-28(40)37(30(25)33-20(2)32-19)17-21-7-11-23(12-8-21)26-5-3-4-6-27(26)29-34-36-38(35-29)31(41)24-13-9-22(10-14-24)18-44-39(42)43/h3-14,36H,15-18H2,1-2H3,(H,34,35). The Morgan fingerprint density at radius 3 is 2.39 bits per heavy atom. The third-order valence-electron chi connectivity index (χ3n) is 7.46. The summed E-state index contributed by atoms with van der Waals surface area (Å²) in [4.78, 5) is 51.5. The minimum Gasteiger partial charge on any atom is -0.309 e. The van der Waals surface area contributed by atoms with E-state index in [4.69, 9.17) is 0 Å². The Labute approximate surface area is 252 Å². The van der Waals surface area contributed by atoms with Gasteiger partial charge in [-0.05, 0) is 54.7 Å². The molecular formula is C31H28N8O5. The minimum atomic E-state index is -0.865. The molecule has 13 heteroatoms. The molecule has 3 aromatic carbocycles. The zero-order valence-electron chi connectivity index (χ0n) is 24.0. The van der Waals surface area contributed by atoms with Gasteiger partial charge in [0.25, 0.3) is 11.0 Å². The first-order valence-corrected chi connectivity index (χ1v) is 13.9. The van der Waals surface area contributed by atoms with E-state index in [2.05, 4.69) is 30.9 Å². The van der Waals surface area contributed by atoms with Gasteiger partial charge in [0.15, 0.2) is 5.84 Å². The number of aryl methyl sites for hydroxylation is 2. The Morgan fingerprint density at radius 1 is 0.955 bits per heavy atom. The number of amidine groups is 1. The third-order valence-corrected chi connectivity index (χ3v) is 7.46. The van der Waals surface area contributed by atoms with E-state index >= 15 is 0 Å². The summed E-state index contributed by atoms with van der Waals surface area (Å²) in [5.74, 6) is 1.44. The number of hydrogen-bond donors (Lipinski definition) is 2. The second kappa shape index (κ2) is 11.8. The molecule has 4 aromatic rings. The average Bonchev–Trinajstić information content (AvgIpc) is 3.52. The topological polar surface area (TPSA) is 155 Å². The Bertz CT molecular complexity index is 1790. The predicted molar refractivity (Wildman–Crippen MR) is 160 cm³/mol. The van der Waals surface area contributed by atoms with E-state index in [0.717, 1.165) is 38.6 Å². The molecule has 0 fully saturated rings. The van der Waals surface area contributed by atoms with E-state index in [0.29, 0.717) is 48.0 Å². The van der Waals surface area contributed by atoms with Crippen LogP contribution in [0.1, 0.15) is 50.6 Å². The number of hydrazone groups is 1. The van der Waals surface area contributed by atoms with Crippen LogP contribution in [-0.4, -0.2) is 37.8 Å². The smallest absolute Gasteiger partial charge is 0.294 e. The van der Waals surface area contributed by atoms with Crippen molar-refractivity contribution in [3.05, 3.63) is 122 Å². The van der Waals surface area contributed by atoms with Crippen molar-refractivity contribution in [3.8, 4) is 11.1 Å². The van der Waals surface area contributed by atoms with Crippen LogP contribution in [0.4, 0.5) is 5.82 Å². The molecule has 2 amide bonds. The van der Waals surface area contributed by atoms with E-state index in [9.17, 15) is 19.7 Å². The van der Waals surface area contributed by atoms with Crippen molar-refractivity contribution in [2.45, 2.75) is 39.8 Å². The molecule has 0 atom stereocenters. The van der Waals surface area contributed by atoms with Crippen LogP contribution in [0.25, 0.3) is 11.1 Å². The van der Waals surface area contributed by atoms with Gasteiger partial charge in [-0.25, -0.2) is 9.97 Å². The van der Waals surface area contributed by atoms with Crippen molar-refractivity contribution in [2.24, 2.45) is 5.10 Å². The summed E-state index contributed by atoms with van der Waals surface area (Å²) in [6.45, 7) is 3.99. The number of hydrazine groups is 2. The van der Waals surface area contributed by atoms with Gasteiger partial charge < -0.3 is 4.84 Å². The second-order valence-electron chi connectivity index (χ2n) is 10.4. The van der Waals surface area contributed by atoms with Crippen LogP contribution in [-0.2, 0) is 29.2 Å². The van der Waals surface area contributed by atoms with Crippen LogP contribution >= 0.6 is 0 Å². The summed E-state index contributed by atoms with van der Waals surface area (Å²) in [5, 5.41) is 15.1. The van der Waals surface area contributed by atoms with Crippen LogP contribution in [0, 0.1) is 24.0 Å². The molecule has 0 unspecified atom stereocenters. The lowest BCUT2D eigenvalue weighted by Gasteiger charge is -2.29. The van der Waals surface area contributed by atoms with Crippen LogP contribution in [0.3, 0.4) is 0 Å².